The van der Waals surface area contributed by atoms with Gasteiger partial charge < -0.3 is 14.9 Å². The van der Waals surface area contributed by atoms with E-state index in [-0.39, 0.29) is 13.2 Å². The molecule has 0 heterocycles. The molecule has 1 rings (SSSR count). The van der Waals surface area contributed by atoms with Gasteiger partial charge in [-0.3, -0.25) is 0 Å². The zero-order valence-corrected chi connectivity index (χ0v) is 8.54. The van der Waals surface area contributed by atoms with E-state index in [4.69, 9.17) is 9.84 Å². The van der Waals surface area contributed by atoms with Gasteiger partial charge in [-0.15, -0.1) is 0 Å². The van der Waals surface area contributed by atoms with Crippen molar-refractivity contribution >= 4 is 0 Å². The first-order chi connectivity index (χ1) is 7.33. The van der Waals surface area contributed by atoms with E-state index in [1.165, 1.54) is 12.2 Å². The maximum absolute atomic E-state index is 9.34. The number of benzene rings is 1. The quantitative estimate of drug-likeness (QED) is 0.689. The highest BCUT2D eigenvalue weighted by molar-refractivity contribution is 5.13. The summed E-state index contributed by atoms with van der Waals surface area (Å²) in [5.74, 6) is 0. The van der Waals surface area contributed by atoms with Gasteiger partial charge in [-0.05, 0) is 5.56 Å². The van der Waals surface area contributed by atoms with E-state index >= 15 is 0 Å². The zero-order chi connectivity index (χ0) is 10.9. The van der Waals surface area contributed by atoms with Crippen molar-refractivity contribution in [2.75, 3.05) is 13.2 Å². The molecule has 1 aromatic rings. The van der Waals surface area contributed by atoms with Crippen molar-refractivity contribution in [1.82, 2.24) is 0 Å². The van der Waals surface area contributed by atoms with Crippen LogP contribution in [0.25, 0.3) is 0 Å². The monoisotopic (exact) mass is 208 g/mol. The highest BCUT2D eigenvalue weighted by Crippen LogP contribution is 2.01. The summed E-state index contributed by atoms with van der Waals surface area (Å²) < 4.78 is 5.30. The SMILES string of the molecule is OC/C=C/C(O)COCc1ccccc1. The van der Waals surface area contributed by atoms with Gasteiger partial charge in [0.15, 0.2) is 0 Å². The third kappa shape index (κ3) is 5.32. The molecule has 1 atom stereocenters. The highest BCUT2D eigenvalue weighted by atomic mass is 16.5. The van der Waals surface area contributed by atoms with E-state index in [1.54, 1.807) is 0 Å². The second kappa shape index (κ2) is 7.17. The number of hydrogen-bond acceptors (Lipinski definition) is 3. The van der Waals surface area contributed by atoms with Crippen molar-refractivity contribution in [2.45, 2.75) is 12.7 Å². The molecule has 82 valence electrons. The molecule has 3 heteroatoms. The molecular formula is C12H16O3. The second-order valence-electron chi connectivity index (χ2n) is 3.18. The Balaban J connectivity index is 2.19. The van der Waals surface area contributed by atoms with Crippen LogP contribution in [-0.4, -0.2) is 29.5 Å². The lowest BCUT2D eigenvalue weighted by Gasteiger charge is -2.07. The van der Waals surface area contributed by atoms with Gasteiger partial charge in [0.2, 0.25) is 0 Å². The minimum absolute atomic E-state index is 0.0598. The molecule has 0 spiro atoms. The summed E-state index contributed by atoms with van der Waals surface area (Å²) in [7, 11) is 0. The predicted molar refractivity (Wildman–Crippen MR) is 58.3 cm³/mol. The van der Waals surface area contributed by atoms with Gasteiger partial charge >= 0.3 is 0 Å². The minimum Gasteiger partial charge on any atom is -0.392 e. The van der Waals surface area contributed by atoms with Crippen LogP contribution in [0.5, 0.6) is 0 Å². The third-order valence-electron chi connectivity index (χ3n) is 1.86. The van der Waals surface area contributed by atoms with Crippen molar-refractivity contribution in [3.8, 4) is 0 Å². The van der Waals surface area contributed by atoms with E-state index < -0.39 is 6.10 Å². The maximum atomic E-state index is 9.34. The summed E-state index contributed by atoms with van der Waals surface area (Å²) in [4.78, 5) is 0. The van der Waals surface area contributed by atoms with Gasteiger partial charge in [-0.1, -0.05) is 42.5 Å². The maximum Gasteiger partial charge on any atom is 0.0955 e. The summed E-state index contributed by atoms with van der Waals surface area (Å²) in [6, 6.07) is 9.77. The highest BCUT2D eigenvalue weighted by Gasteiger charge is 1.98. The molecule has 0 saturated heterocycles. The molecule has 0 saturated carbocycles. The molecule has 0 radical (unpaired) electrons. The number of ether oxygens (including phenoxy) is 1. The van der Waals surface area contributed by atoms with Gasteiger partial charge in [-0.25, -0.2) is 0 Å². The summed E-state index contributed by atoms with van der Waals surface area (Å²) in [5, 5.41) is 17.8. The van der Waals surface area contributed by atoms with Crippen LogP contribution in [0.3, 0.4) is 0 Å². The number of rotatable bonds is 6. The Labute approximate surface area is 89.6 Å². The van der Waals surface area contributed by atoms with E-state index in [2.05, 4.69) is 0 Å². The Morgan fingerprint density at radius 1 is 1.27 bits per heavy atom. The van der Waals surface area contributed by atoms with Crippen LogP contribution in [0, 0.1) is 0 Å². The largest absolute Gasteiger partial charge is 0.392 e. The van der Waals surface area contributed by atoms with E-state index in [0.717, 1.165) is 5.56 Å². The topological polar surface area (TPSA) is 49.7 Å². The number of aliphatic hydroxyl groups is 2. The first kappa shape index (κ1) is 11.9. The smallest absolute Gasteiger partial charge is 0.0955 e. The average Bonchev–Trinajstić information content (AvgIpc) is 2.28. The van der Waals surface area contributed by atoms with E-state index in [1.807, 2.05) is 30.3 Å². The molecule has 0 aromatic heterocycles. The van der Waals surface area contributed by atoms with Gasteiger partial charge in [-0.2, -0.15) is 0 Å². The molecule has 1 aromatic carbocycles. The van der Waals surface area contributed by atoms with Crippen molar-refractivity contribution in [2.24, 2.45) is 0 Å². The minimum atomic E-state index is -0.652. The number of aliphatic hydroxyl groups excluding tert-OH is 2. The Bertz CT molecular complexity index is 282. The van der Waals surface area contributed by atoms with Gasteiger partial charge in [0.25, 0.3) is 0 Å². The van der Waals surface area contributed by atoms with Crippen LogP contribution < -0.4 is 0 Å². The van der Waals surface area contributed by atoms with Crippen molar-refractivity contribution in [1.29, 1.82) is 0 Å². The standard InChI is InChI=1S/C12H16O3/c13-8-4-7-12(14)10-15-9-11-5-2-1-3-6-11/h1-7,12-14H,8-10H2/b7-4+. The fourth-order valence-electron chi connectivity index (χ4n) is 1.15. The lowest BCUT2D eigenvalue weighted by Crippen LogP contribution is -2.12. The molecule has 0 fully saturated rings. The van der Waals surface area contributed by atoms with Gasteiger partial charge in [0, 0.05) is 0 Å². The van der Waals surface area contributed by atoms with Crippen molar-refractivity contribution in [3.63, 3.8) is 0 Å². The lowest BCUT2D eigenvalue weighted by molar-refractivity contribution is 0.0501. The molecule has 0 bridgehead atoms. The molecule has 0 amide bonds. The van der Waals surface area contributed by atoms with Gasteiger partial charge in [0.05, 0.1) is 25.9 Å². The fourth-order valence-corrected chi connectivity index (χ4v) is 1.15. The Kier molecular flexibility index (Phi) is 5.70. The second-order valence-corrected chi connectivity index (χ2v) is 3.18. The molecule has 2 N–H and O–H groups in total. The zero-order valence-electron chi connectivity index (χ0n) is 8.54. The molecule has 3 nitrogen and oxygen atoms in total. The third-order valence-corrected chi connectivity index (χ3v) is 1.86. The molecule has 0 aliphatic rings. The van der Waals surface area contributed by atoms with E-state index in [9.17, 15) is 5.11 Å². The van der Waals surface area contributed by atoms with Crippen molar-refractivity contribution < 1.29 is 14.9 Å². The summed E-state index contributed by atoms with van der Waals surface area (Å²) in [6.07, 6.45) is 2.36. The lowest BCUT2D eigenvalue weighted by atomic mass is 10.2. The first-order valence-electron chi connectivity index (χ1n) is 4.90. The Hall–Kier alpha value is -1.16. The molecule has 1 unspecified atom stereocenters. The fraction of sp³-hybridized carbons (Fsp3) is 0.333. The normalized spacial score (nSPS) is 13.2. The van der Waals surface area contributed by atoms with Crippen LogP contribution in [0.2, 0.25) is 0 Å². The Morgan fingerprint density at radius 2 is 2.00 bits per heavy atom. The summed E-state index contributed by atoms with van der Waals surface area (Å²) in [5.41, 5.74) is 1.08. The van der Waals surface area contributed by atoms with Crippen LogP contribution in [-0.2, 0) is 11.3 Å². The first-order valence-corrected chi connectivity index (χ1v) is 4.90. The Morgan fingerprint density at radius 3 is 2.67 bits per heavy atom. The summed E-state index contributed by atoms with van der Waals surface area (Å²) in [6.45, 7) is 0.673. The molecule has 15 heavy (non-hydrogen) atoms. The predicted octanol–water partition coefficient (Wildman–Crippen LogP) is 1.11. The average molecular weight is 208 g/mol. The molecule has 0 aliphatic carbocycles. The number of hydrogen-bond donors (Lipinski definition) is 2. The van der Waals surface area contributed by atoms with Crippen LogP contribution in [0.4, 0.5) is 0 Å². The summed E-state index contributed by atoms with van der Waals surface area (Å²) >= 11 is 0. The van der Waals surface area contributed by atoms with Crippen LogP contribution in [0.15, 0.2) is 42.5 Å². The molecule has 0 aliphatic heterocycles. The van der Waals surface area contributed by atoms with Crippen LogP contribution >= 0.6 is 0 Å². The van der Waals surface area contributed by atoms with Crippen molar-refractivity contribution in [3.05, 3.63) is 48.0 Å². The van der Waals surface area contributed by atoms with E-state index in [0.29, 0.717) is 6.61 Å². The van der Waals surface area contributed by atoms with Crippen LogP contribution in [0.1, 0.15) is 5.56 Å². The van der Waals surface area contributed by atoms with Gasteiger partial charge in [0.1, 0.15) is 0 Å². The molecular weight excluding hydrogens is 192 g/mol.